The molecule has 0 aliphatic carbocycles. The first-order valence-electron chi connectivity index (χ1n) is 4.99. The molecule has 8 heteroatoms. The maximum absolute atomic E-state index is 10.9. The zero-order chi connectivity index (χ0) is 14.1. The van der Waals surface area contributed by atoms with Gasteiger partial charge in [0.15, 0.2) is 6.10 Å². The van der Waals surface area contributed by atoms with Gasteiger partial charge in [-0.25, -0.2) is 14.4 Å². The Morgan fingerprint density at radius 1 is 1.39 bits per heavy atom. The van der Waals surface area contributed by atoms with E-state index in [1.165, 1.54) is 6.92 Å². The third-order valence-corrected chi connectivity index (χ3v) is 1.59. The summed E-state index contributed by atoms with van der Waals surface area (Å²) in [6.07, 6.45) is -2.88. The van der Waals surface area contributed by atoms with Crippen LogP contribution < -0.4 is 5.32 Å². The van der Waals surface area contributed by atoms with Gasteiger partial charge in [0.25, 0.3) is 0 Å². The minimum atomic E-state index is -1.77. The molecule has 1 atom stereocenters. The maximum Gasteiger partial charge on any atom is 0.415 e. The summed E-state index contributed by atoms with van der Waals surface area (Å²) in [7, 11) is 0. The number of hydrogen-bond donors (Lipinski definition) is 3. The van der Waals surface area contributed by atoms with Crippen molar-refractivity contribution in [2.24, 2.45) is 0 Å². The highest BCUT2D eigenvalue weighted by Gasteiger charge is 2.18. The van der Waals surface area contributed by atoms with Crippen LogP contribution in [0.1, 0.15) is 6.92 Å². The number of carbonyl (C=O) groups is 3. The van der Waals surface area contributed by atoms with Crippen molar-refractivity contribution in [2.45, 2.75) is 13.0 Å². The van der Waals surface area contributed by atoms with Crippen LogP contribution in [0.5, 0.6) is 0 Å². The zero-order valence-electron chi connectivity index (χ0n) is 9.84. The number of ether oxygens (including phenoxy) is 2. The van der Waals surface area contributed by atoms with Crippen molar-refractivity contribution in [1.29, 1.82) is 0 Å². The first-order chi connectivity index (χ1) is 8.38. The molecule has 0 aromatic carbocycles. The van der Waals surface area contributed by atoms with Gasteiger partial charge in [0.2, 0.25) is 0 Å². The predicted octanol–water partition coefficient (Wildman–Crippen LogP) is -1.29. The molecule has 0 spiro atoms. The predicted molar refractivity (Wildman–Crippen MR) is 58.4 cm³/mol. The molecule has 0 aliphatic heterocycles. The molecule has 102 valence electrons. The van der Waals surface area contributed by atoms with Crippen LogP contribution in [0.15, 0.2) is 12.2 Å². The van der Waals surface area contributed by atoms with E-state index in [9.17, 15) is 14.4 Å². The highest BCUT2D eigenvalue weighted by atomic mass is 16.6. The van der Waals surface area contributed by atoms with Gasteiger partial charge >= 0.3 is 18.0 Å². The molecule has 18 heavy (non-hydrogen) atoms. The first kappa shape index (κ1) is 16.1. The van der Waals surface area contributed by atoms with Crippen LogP contribution >= 0.6 is 0 Å². The number of amides is 1. The van der Waals surface area contributed by atoms with Gasteiger partial charge < -0.3 is 25.0 Å². The molecule has 1 unspecified atom stereocenters. The van der Waals surface area contributed by atoms with Crippen LogP contribution in [0.25, 0.3) is 0 Å². The molecule has 0 fully saturated rings. The van der Waals surface area contributed by atoms with E-state index in [4.69, 9.17) is 10.2 Å². The highest BCUT2D eigenvalue weighted by Crippen LogP contribution is 1.91. The van der Waals surface area contributed by atoms with Gasteiger partial charge in [0.1, 0.15) is 6.61 Å². The SMILES string of the molecule is C=C(C)C(=O)OCCNC(=O)OC(=O)C(O)CO. The van der Waals surface area contributed by atoms with Crippen molar-refractivity contribution < 1.29 is 34.1 Å². The molecular weight excluding hydrogens is 246 g/mol. The Morgan fingerprint density at radius 2 is 2.00 bits per heavy atom. The maximum atomic E-state index is 10.9. The Labute approximate surface area is 103 Å². The summed E-state index contributed by atoms with van der Waals surface area (Å²) < 4.78 is 8.74. The van der Waals surface area contributed by atoms with E-state index in [0.29, 0.717) is 0 Å². The summed E-state index contributed by atoms with van der Waals surface area (Å²) in [4.78, 5) is 32.7. The summed E-state index contributed by atoms with van der Waals surface area (Å²) >= 11 is 0. The van der Waals surface area contributed by atoms with Gasteiger partial charge in [-0.3, -0.25) is 0 Å². The average Bonchev–Trinajstić information content (AvgIpc) is 2.32. The van der Waals surface area contributed by atoms with E-state index in [1.54, 1.807) is 0 Å². The van der Waals surface area contributed by atoms with E-state index in [-0.39, 0.29) is 18.7 Å². The second-order valence-electron chi connectivity index (χ2n) is 3.25. The van der Waals surface area contributed by atoms with Crippen LogP contribution in [0.2, 0.25) is 0 Å². The Bertz CT molecular complexity index is 339. The van der Waals surface area contributed by atoms with Gasteiger partial charge in [0.05, 0.1) is 13.2 Å². The fraction of sp³-hybridized carbons (Fsp3) is 0.500. The number of esters is 2. The zero-order valence-corrected chi connectivity index (χ0v) is 9.84. The molecule has 0 aromatic heterocycles. The number of aliphatic hydroxyl groups excluding tert-OH is 2. The van der Waals surface area contributed by atoms with E-state index in [0.717, 1.165) is 0 Å². The largest absolute Gasteiger partial charge is 0.460 e. The quantitative estimate of drug-likeness (QED) is 0.235. The number of nitrogens with one attached hydrogen (secondary N) is 1. The third kappa shape index (κ3) is 6.61. The second kappa shape index (κ2) is 8.20. The average molecular weight is 261 g/mol. The van der Waals surface area contributed by atoms with Crippen molar-refractivity contribution in [3.05, 3.63) is 12.2 Å². The first-order valence-corrected chi connectivity index (χ1v) is 4.99. The van der Waals surface area contributed by atoms with Crippen molar-refractivity contribution in [3.63, 3.8) is 0 Å². The van der Waals surface area contributed by atoms with Gasteiger partial charge in [-0.15, -0.1) is 0 Å². The molecule has 0 saturated carbocycles. The fourth-order valence-corrected chi connectivity index (χ4v) is 0.690. The third-order valence-electron chi connectivity index (χ3n) is 1.59. The lowest BCUT2D eigenvalue weighted by atomic mass is 10.4. The Morgan fingerprint density at radius 3 is 2.50 bits per heavy atom. The van der Waals surface area contributed by atoms with Gasteiger partial charge in [0, 0.05) is 5.57 Å². The summed E-state index contributed by atoms with van der Waals surface area (Å²) in [5.74, 6) is -1.87. The highest BCUT2D eigenvalue weighted by molar-refractivity contribution is 5.87. The molecule has 0 saturated heterocycles. The fourth-order valence-electron chi connectivity index (χ4n) is 0.690. The number of alkyl carbamates (subject to hydrolysis) is 1. The van der Waals surface area contributed by atoms with E-state index in [2.05, 4.69) is 21.4 Å². The van der Waals surface area contributed by atoms with Crippen LogP contribution in [0.4, 0.5) is 4.79 Å². The Kier molecular flexibility index (Phi) is 7.32. The molecule has 0 bridgehead atoms. The van der Waals surface area contributed by atoms with E-state index >= 15 is 0 Å². The topological polar surface area (TPSA) is 122 Å². The van der Waals surface area contributed by atoms with Crippen molar-refractivity contribution in [2.75, 3.05) is 19.8 Å². The normalized spacial score (nSPS) is 11.3. The molecule has 0 aromatic rings. The van der Waals surface area contributed by atoms with Crippen molar-refractivity contribution in [3.8, 4) is 0 Å². The van der Waals surface area contributed by atoms with Crippen molar-refractivity contribution in [1.82, 2.24) is 5.32 Å². The number of hydrogen-bond acceptors (Lipinski definition) is 7. The number of carbonyl (C=O) groups excluding carboxylic acids is 3. The number of rotatable bonds is 6. The molecular formula is C10H15NO7. The minimum absolute atomic E-state index is 0.0691. The van der Waals surface area contributed by atoms with E-state index in [1.807, 2.05) is 0 Å². The van der Waals surface area contributed by atoms with Gasteiger partial charge in [-0.05, 0) is 6.92 Å². The summed E-state index contributed by atoms with van der Waals surface area (Å²) in [5.41, 5.74) is 0.221. The lowest BCUT2D eigenvalue weighted by Crippen LogP contribution is -2.35. The smallest absolute Gasteiger partial charge is 0.415 e. The molecule has 0 rings (SSSR count). The minimum Gasteiger partial charge on any atom is -0.460 e. The summed E-state index contributed by atoms with van der Waals surface area (Å²) in [6, 6.07) is 0. The standard InChI is InChI=1S/C10H15NO7/c1-6(2)8(14)17-4-3-11-10(16)18-9(15)7(13)5-12/h7,12-13H,1,3-5H2,2H3,(H,11,16). The molecule has 8 nitrogen and oxygen atoms in total. The molecule has 0 heterocycles. The van der Waals surface area contributed by atoms with Crippen LogP contribution in [-0.2, 0) is 19.1 Å². The Hall–Kier alpha value is -1.93. The van der Waals surface area contributed by atoms with Crippen LogP contribution in [0.3, 0.4) is 0 Å². The number of aliphatic hydroxyl groups is 2. The molecule has 0 radical (unpaired) electrons. The van der Waals surface area contributed by atoms with Gasteiger partial charge in [-0.1, -0.05) is 6.58 Å². The molecule has 0 aliphatic rings. The lowest BCUT2D eigenvalue weighted by Gasteiger charge is -2.08. The Balaban J connectivity index is 3.75. The van der Waals surface area contributed by atoms with Crippen LogP contribution in [-0.4, -0.2) is 54.1 Å². The van der Waals surface area contributed by atoms with E-state index < -0.39 is 30.7 Å². The molecule has 1 amide bonds. The van der Waals surface area contributed by atoms with Crippen LogP contribution in [0, 0.1) is 0 Å². The molecule has 3 N–H and O–H groups in total. The summed E-state index contributed by atoms with van der Waals surface area (Å²) in [5, 5.41) is 19.3. The monoisotopic (exact) mass is 261 g/mol. The van der Waals surface area contributed by atoms with Crippen molar-refractivity contribution >= 4 is 18.0 Å². The second-order valence-corrected chi connectivity index (χ2v) is 3.25. The lowest BCUT2D eigenvalue weighted by molar-refractivity contribution is -0.149. The van der Waals surface area contributed by atoms with Gasteiger partial charge in [-0.2, -0.15) is 0 Å². The summed E-state index contributed by atoms with van der Waals surface area (Å²) in [6.45, 7) is 3.80.